The van der Waals surface area contributed by atoms with Crippen LogP contribution in [0.3, 0.4) is 0 Å². The maximum Gasteiger partial charge on any atom is 0.268 e. The minimum absolute atomic E-state index is 0.112. The van der Waals surface area contributed by atoms with Crippen molar-refractivity contribution in [2.45, 2.75) is 4.90 Å². The highest BCUT2D eigenvalue weighted by Gasteiger charge is 2.18. The van der Waals surface area contributed by atoms with E-state index >= 15 is 0 Å². The van der Waals surface area contributed by atoms with Gasteiger partial charge in [0.1, 0.15) is 0 Å². The normalized spacial score (nSPS) is 12.6. The van der Waals surface area contributed by atoms with Crippen LogP contribution in [0.2, 0.25) is 0 Å². The lowest BCUT2D eigenvalue weighted by Gasteiger charge is -2.03. The Labute approximate surface area is 95.1 Å². The average Bonchev–Trinajstić information content (AvgIpc) is 2.28. The van der Waals surface area contributed by atoms with Crippen LogP contribution in [-0.2, 0) is 24.1 Å². The van der Waals surface area contributed by atoms with Gasteiger partial charge in [-0.05, 0) is 12.1 Å². The third-order valence-corrected chi connectivity index (χ3v) is 5.16. The fraction of sp³-hybridized carbons (Fsp3) is 0.333. The first-order valence-corrected chi connectivity index (χ1v) is 7.66. The molecule has 1 aromatic rings. The van der Waals surface area contributed by atoms with Crippen LogP contribution in [0.25, 0.3) is 0 Å². The molecule has 0 atom stereocenters. The van der Waals surface area contributed by atoms with Crippen molar-refractivity contribution >= 4 is 20.0 Å². The van der Waals surface area contributed by atoms with Gasteiger partial charge in [-0.15, -0.1) is 0 Å². The molecule has 0 aliphatic heterocycles. The molecule has 1 rings (SSSR count). The first-order chi connectivity index (χ1) is 7.37. The highest BCUT2D eigenvalue weighted by atomic mass is 32.2. The molecule has 0 spiro atoms. The smallest absolute Gasteiger partial charge is 0.268 e. The van der Waals surface area contributed by atoms with Gasteiger partial charge in [0.25, 0.3) is 10.1 Å². The maximum atomic E-state index is 11.7. The molecule has 0 amide bonds. The summed E-state index contributed by atoms with van der Waals surface area (Å²) in [5.74, 6) is -1.02. The molecular formula is C9H12O5S2. The van der Waals surface area contributed by atoms with Crippen LogP contribution in [-0.4, -0.2) is 35.5 Å². The van der Waals surface area contributed by atoms with Gasteiger partial charge in [-0.25, -0.2) is 8.42 Å². The van der Waals surface area contributed by atoms with Gasteiger partial charge >= 0.3 is 0 Å². The fourth-order valence-electron chi connectivity index (χ4n) is 1.04. The summed E-state index contributed by atoms with van der Waals surface area (Å²) in [6.45, 7) is 0. The van der Waals surface area contributed by atoms with Gasteiger partial charge in [0.15, 0.2) is 9.84 Å². The summed E-state index contributed by atoms with van der Waals surface area (Å²) in [7, 11) is -6.30. The monoisotopic (exact) mass is 264 g/mol. The molecule has 5 nitrogen and oxygen atoms in total. The molecule has 0 unspecified atom stereocenters. The lowest BCUT2D eigenvalue weighted by Crippen LogP contribution is -2.18. The Morgan fingerprint density at radius 2 is 1.56 bits per heavy atom. The van der Waals surface area contributed by atoms with Crippen LogP contribution in [0.15, 0.2) is 35.2 Å². The van der Waals surface area contributed by atoms with Crippen LogP contribution in [0.1, 0.15) is 0 Å². The van der Waals surface area contributed by atoms with Gasteiger partial charge in [0.2, 0.25) is 0 Å². The zero-order chi connectivity index (χ0) is 12.2. The van der Waals surface area contributed by atoms with Gasteiger partial charge in [0.05, 0.1) is 23.5 Å². The third kappa shape index (κ3) is 3.58. The van der Waals surface area contributed by atoms with Gasteiger partial charge in [-0.1, -0.05) is 18.2 Å². The van der Waals surface area contributed by atoms with Crippen LogP contribution in [0, 0.1) is 0 Å². The zero-order valence-electron chi connectivity index (χ0n) is 8.66. The molecule has 0 fully saturated rings. The Kier molecular flexibility index (Phi) is 4.06. The number of hydrogen-bond acceptors (Lipinski definition) is 5. The molecule has 90 valence electrons. The van der Waals surface area contributed by atoms with E-state index in [1.54, 1.807) is 18.2 Å². The number of benzene rings is 1. The van der Waals surface area contributed by atoms with Crippen molar-refractivity contribution < 1.29 is 21.0 Å². The van der Waals surface area contributed by atoms with Gasteiger partial charge in [-0.3, -0.25) is 4.18 Å². The molecule has 0 bridgehead atoms. The molecule has 0 N–H and O–H groups in total. The van der Waals surface area contributed by atoms with Gasteiger partial charge in [0, 0.05) is 0 Å². The Morgan fingerprint density at radius 1 is 1.00 bits per heavy atom. The lowest BCUT2D eigenvalue weighted by molar-refractivity contribution is 0.399. The lowest BCUT2D eigenvalue weighted by atomic mass is 10.4. The number of hydrogen-bond donors (Lipinski definition) is 0. The molecule has 0 aliphatic rings. The minimum atomic E-state index is -3.74. The molecule has 0 saturated carbocycles. The summed E-state index contributed by atoms with van der Waals surface area (Å²) in [6.07, 6.45) is 0. The summed E-state index contributed by atoms with van der Waals surface area (Å²) in [5.41, 5.74) is 0. The van der Waals surface area contributed by atoms with E-state index in [2.05, 4.69) is 4.18 Å². The molecular weight excluding hydrogens is 252 g/mol. The molecule has 16 heavy (non-hydrogen) atoms. The summed E-state index contributed by atoms with van der Waals surface area (Å²) in [6, 6.07) is 7.70. The van der Waals surface area contributed by atoms with Crippen LogP contribution >= 0.6 is 0 Å². The summed E-state index contributed by atoms with van der Waals surface area (Å²) in [4.78, 5) is 0.112. The second kappa shape index (κ2) is 4.94. The van der Waals surface area contributed by atoms with Crippen molar-refractivity contribution in [3.8, 4) is 0 Å². The molecule has 0 aromatic heterocycles. The molecule has 0 radical (unpaired) electrons. The van der Waals surface area contributed by atoms with E-state index in [1.165, 1.54) is 12.1 Å². The first kappa shape index (κ1) is 13.1. The Morgan fingerprint density at radius 3 is 2.06 bits per heavy atom. The Balaban J connectivity index is 2.83. The summed E-state index contributed by atoms with van der Waals surface area (Å²) < 4.78 is 49.5. The zero-order valence-corrected chi connectivity index (χ0v) is 10.3. The van der Waals surface area contributed by atoms with E-state index < -0.39 is 31.5 Å². The predicted molar refractivity (Wildman–Crippen MR) is 59.3 cm³/mol. The Hall–Kier alpha value is -0.920. The molecule has 0 heterocycles. The van der Waals surface area contributed by atoms with E-state index in [1.807, 2.05) is 0 Å². The summed E-state index contributed by atoms with van der Waals surface area (Å²) in [5, 5.41) is 0. The van der Waals surface area contributed by atoms with Crippen LogP contribution in [0.4, 0.5) is 0 Å². The van der Waals surface area contributed by atoms with Crippen molar-refractivity contribution in [1.29, 1.82) is 0 Å². The molecule has 7 heteroatoms. The Bertz CT molecular complexity index is 531. The summed E-state index contributed by atoms with van der Waals surface area (Å²) >= 11 is 0. The average molecular weight is 264 g/mol. The van der Waals surface area contributed by atoms with Gasteiger partial charge in [-0.2, -0.15) is 8.42 Å². The van der Waals surface area contributed by atoms with Crippen molar-refractivity contribution in [1.82, 2.24) is 0 Å². The van der Waals surface area contributed by atoms with Crippen LogP contribution < -0.4 is 0 Å². The highest BCUT2D eigenvalue weighted by Crippen LogP contribution is 2.10. The molecule has 1 aromatic carbocycles. The van der Waals surface area contributed by atoms with Crippen molar-refractivity contribution in [2.75, 3.05) is 18.6 Å². The largest absolute Gasteiger partial charge is 0.273 e. The third-order valence-electron chi connectivity index (χ3n) is 1.96. The van der Waals surface area contributed by atoms with E-state index in [4.69, 9.17) is 0 Å². The van der Waals surface area contributed by atoms with Crippen molar-refractivity contribution in [3.63, 3.8) is 0 Å². The molecule has 0 aliphatic carbocycles. The van der Waals surface area contributed by atoms with E-state index in [-0.39, 0.29) is 4.90 Å². The van der Waals surface area contributed by atoms with E-state index in [0.29, 0.717) is 0 Å². The topological polar surface area (TPSA) is 77.5 Å². The van der Waals surface area contributed by atoms with Crippen molar-refractivity contribution in [2.24, 2.45) is 0 Å². The SMILES string of the molecule is COS(=O)(=O)CCS(=O)(=O)c1ccccc1. The minimum Gasteiger partial charge on any atom is -0.273 e. The van der Waals surface area contributed by atoms with Crippen molar-refractivity contribution in [3.05, 3.63) is 30.3 Å². The highest BCUT2D eigenvalue weighted by molar-refractivity contribution is 7.93. The standard InChI is InChI=1S/C9H12O5S2/c1-14-16(12,13)8-7-15(10,11)9-5-3-2-4-6-9/h2-6H,7-8H2,1H3. The molecule has 0 saturated heterocycles. The van der Waals surface area contributed by atoms with Crippen LogP contribution in [0.5, 0.6) is 0 Å². The first-order valence-electron chi connectivity index (χ1n) is 4.43. The second-order valence-electron chi connectivity index (χ2n) is 3.06. The van der Waals surface area contributed by atoms with E-state index in [0.717, 1.165) is 7.11 Å². The quantitative estimate of drug-likeness (QED) is 0.721. The van der Waals surface area contributed by atoms with Gasteiger partial charge < -0.3 is 0 Å². The second-order valence-corrected chi connectivity index (χ2v) is 7.03. The fourth-order valence-corrected chi connectivity index (χ4v) is 3.71. The maximum absolute atomic E-state index is 11.7. The number of sulfone groups is 1. The predicted octanol–water partition coefficient (Wildman–Crippen LogP) is 0.436. The number of rotatable bonds is 5. The van der Waals surface area contributed by atoms with E-state index in [9.17, 15) is 16.8 Å².